The van der Waals surface area contributed by atoms with Crippen molar-refractivity contribution >= 4 is 18.4 Å². The molecule has 116 valence electrons. The van der Waals surface area contributed by atoms with E-state index in [0.717, 1.165) is 28.8 Å². The number of aryl methyl sites for hydroxylation is 1. The maximum atomic E-state index is 11.9. The number of rotatable bonds is 6. The van der Waals surface area contributed by atoms with Gasteiger partial charge in [-0.3, -0.25) is 9.89 Å². The molecule has 2 aromatic rings. The smallest absolute Gasteiger partial charge is 0.296 e. The third-order valence-electron chi connectivity index (χ3n) is 2.96. The lowest BCUT2D eigenvalue weighted by atomic mass is 10.2. The molecule has 1 aromatic heterocycles. The quantitative estimate of drug-likeness (QED) is 0.505. The van der Waals surface area contributed by atoms with Gasteiger partial charge in [0.15, 0.2) is 0 Å². The number of hydrogen-bond acceptors (Lipinski definition) is 5. The normalized spacial score (nSPS) is 11.0. The maximum Gasteiger partial charge on any atom is 0.296 e. The van der Waals surface area contributed by atoms with Gasteiger partial charge in [-0.2, -0.15) is 14.9 Å². The van der Waals surface area contributed by atoms with Crippen LogP contribution >= 0.6 is 12.2 Å². The predicted molar refractivity (Wildman–Crippen MR) is 88.3 cm³/mol. The molecule has 0 unspecified atom stereocenters. The molecule has 0 bridgehead atoms. The van der Waals surface area contributed by atoms with Crippen molar-refractivity contribution in [1.82, 2.24) is 14.9 Å². The Kier molecular flexibility index (Phi) is 5.60. The molecule has 0 aliphatic carbocycles. The van der Waals surface area contributed by atoms with Crippen LogP contribution in [0.15, 0.2) is 34.2 Å². The first-order chi connectivity index (χ1) is 10.6. The van der Waals surface area contributed by atoms with Gasteiger partial charge in [0, 0.05) is 0 Å². The van der Waals surface area contributed by atoms with E-state index in [1.165, 1.54) is 0 Å². The zero-order valence-corrected chi connectivity index (χ0v) is 13.4. The van der Waals surface area contributed by atoms with E-state index in [9.17, 15) is 4.79 Å². The van der Waals surface area contributed by atoms with E-state index in [0.29, 0.717) is 12.3 Å². The largest absolute Gasteiger partial charge is 0.494 e. The molecule has 1 heterocycles. The second-order valence-corrected chi connectivity index (χ2v) is 5.14. The summed E-state index contributed by atoms with van der Waals surface area (Å²) < 4.78 is 6.91. The van der Waals surface area contributed by atoms with Crippen molar-refractivity contribution in [3.8, 4) is 5.75 Å². The highest BCUT2D eigenvalue weighted by Crippen LogP contribution is 2.12. The minimum atomic E-state index is -0.338. The number of nitrogens with one attached hydrogen (secondary N) is 1. The average Bonchev–Trinajstić information content (AvgIpc) is 2.52. The van der Waals surface area contributed by atoms with Crippen LogP contribution in [-0.2, 0) is 0 Å². The van der Waals surface area contributed by atoms with Gasteiger partial charge in [-0.1, -0.05) is 25.5 Å². The number of aromatic nitrogens is 3. The number of ether oxygens (including phenoxy) is 1. The van der Waals surface area contributed by atoms with E-state index in [-0.39, 0.29) is 10.3 Å². The molecule has 0 aliphatic heterocycles. The van der Waals surface area contributed by atoms with Crippen LogP contribution in [0.1, 0.15) is 31.0 Å². The van der Waals surface area contributed by atoms with Gasteiger partial charge < -0.3 is 4.74 Å². The Hall–Kier alpha value is -2.28. The predicted octanol–water partition coefficient (Wildman–Crippen LogP) is 2.67. The number of benzene rings is 1. The third kappa shape index (κ3) is 4.11. The Morgan fingerprint density at radius 2 is 2.32 bits per heavy atom. The fourth-order valence-electron chi connectivity index (χ4n) is 1.72. The van der Waals surface area contributed by atoms with Gasteiger partial charge in [0.2, 0.25) is 4.77 Å². The first kappa shape index (κ1) is 16.1. The molecule has 0 spiro atoms. The topological polar surface area (TPSA) is 72.3 Å². The Morgan fingerprint density at radius 3 is 3.09 bits per heavy atom. The van der Waals surface area contributed by atoms with Crippen LogP contribution in [0, 0.1) is 11.7 Å². The number of hydrogen-bond donors (Lipinski definition) is 1. The molecule has 1 aromatic carbocycles. The Labute approximate surface area is 133 Å². The lowest BCUT2D eigenvalue weighted by molar-refractivity contribution is 0.309. The summed E-state index contributed by atoms with van der Waals surface area (Å²) >= 11 is 5.02. The fraction of sp³-hybridized carbons (Fsp3) is 0.333. The Balaban J connectivity index is 2.21. The van der Waals surface area contributed by atoms with Gasteiger partial charge in [0.1, 0.15) is 11.4 Å². The van der Waals surface area contributed by atoms with Gasteiger partial charge in [-0.15, -0.1) is 0 Å². The van der Waals surface area contributed by atoms with Crippen molar-refractivity contribution in [1.29, 1.82) is 0 Å². The molecule has 0 aliphatic rings. The number of H-pyrrole nitrogens is 1. The van der Waals surface area contributed by atoms with Crippen LogP contribution in [0.2, 0.25) is 0 Å². The van der Waals surface area contributed by atoms with Gasteiger partial charge in [0.05, 0.1) is 12.8 Å². The highest BCUT2D eigenvalue weighted by molar-refractivity contribution is 7.71. The van der Waals surface area contributed by atoms with Crippen LogP contribution in [0.5, 0.6) is 5.75 Å². The molecular weight excluding hydrogens is 300 g/mol. The summed E-state index contributed by atoms with van der Waals surface area (Å²) in [6.45, 7) is 4.40. The van der Waals surface area contributed by atoms with Gasteiger partial charge in [-0.25, -0.2) is 0 Å². The lowest BCUT2D eigenvalue weighted by Crippen LogP contribution is -2.22. The molecule has 0 atom stereocenters. The summed E-state index contributed by atoms with van der Waals surface area (Å²) in [6.07, 6.45) is 3.67. The van der Waals surface area contributed by atoms with Crippen molar-refractivity contribution in [2.75, 3.05) is 6.61 Å². The summed E-state index contributed by atoms with van der Waals surface area (Å²) in [5, 5.41) is 10.5. The molecule has 0 saturated heterocycles. The van der Waals surface area contributed by atoms with E-state index in [4.69, 9.17) is 17.0 Å². The summed E-state index contributed by atoms with van der Waals surface area (Å²) in [6, 6.07) is 7.51. The number of unbranched alkanes of at least 4 members (excludes halogenated alkanes) is 1. The third-order valence-corrected chi connectivity index (χ3v) is 3.22. The molecule has 2 rings (SSSR count). The minimum Gasteiger partial charge on any atom is -0.494 e. The summed E-state index contributed by atoms with van der Waals surface area (Å²) in [5.41, 5.74) is 0.794. The zero-order valence-electron chi connectivity index (χ0n) is 12.6. The van der Waals surface area contributed by atoms with Crippen LogP contribution in [0.25, 0.3) is 0 Å². The maximum absolute atomic E-state index is 11.9. The van der Waals surface area contributed by atoms with Crippen LogP contribution in [0.4, 0.5) is 0 Å². The molecular formula is C15H18N4O2S. The standard InChI is InChI=1S/C15H18N4O2S/c1-3-4-8-21-13-7-5-6-12(9-13)10-16-19-14(20)11(2)17-18-15(19)22/h5-7,9-10H,3-4,8H2,1-2H3,(H,18,22)/b16-10+. The molecule has 7 heteroatoms. The van der Waals surface area contributed by atoms with E-state index in [1.807, 2.05) is 24.3 Å². The van der Waals surface area contributed by atoms with Crippen LogP contribution in [0.3, 0.4) is 0 Å². The SMILES string of the molecule is CCCCOc1cccc(/C=N/n2c(=S)[nH]nc(C)c2=O)c1. The molecule has 0 radical (unpaired) electrons. The van der Waals surface area contributed by atoms with Gasteiger partial charge >= 0.3 is 0 Å². The zero-order chi connectivity index (χ0) is 15.9. The molecule has 0 fully saturated rings. The van der Waals surface area contributed by atoms with Crippen molar-refractivity contribution in [2.45, 2.75) is 26.7 Å². The van der Waals surface area contributed by atoms with E-state index in [2.05, 4.69) is 22.2 Å². The molecule has 1 N–H and O–H groups in total. The van der Waals surface area contributed by atoms with Gasteiger partial charge in [-0.05, 0) is 43.3 Å². The Morgan fingerprint density at radius 1 is 1.50 bits per heavy atom. The fourth-order valence-corrected chi connectivity index (χ4v) is 1.90. The van der Waals surface area contributed by atoms with E-state index >= 15 is 0 Å². The Bertz CT molecular complexity index is 780. The lowest BCUT2D eigenvalue weighted by Gasteiger charge is -2.05. The van der Waals surface area contributed by atoms with Crippen molar-refractivity contribution < 1.29 is 4.74 Å². The van der Waals surface area contributed by atoms with E-state index < -0.39 is 0 Å². The highest BCUT2D eigenvalue weighted by Gasteiger charge is 2.01. The van der Waals surface area contributed by atoms with Crippen LogP contribution < -0.4 is 10.3 Å². The van der Waals surface area contributed by atoms with E-state index in [1.54, 1.807) is 13.1 Å². The summed E-state index contributed by atoms with van der Waals surface area (Å²) in [7, 11) is 0. The molecule has 0 amide bonds. The molecule has 6 nitrogen and oxygen atoms in total. The summed E-state index contributed by atoms with van der Waals surface area (Å²) in [4.78, 5) is 11.9. The monoisotopic (exact) mass is 318 g/mol. The second kappa shape index (κ2) is 7.65. The minimum absolute atomic E-state index is 0.155. The highest BCUT2D eigenvalue weighted by atomic mass is 32.1. The van der Waals surface area contributed by atoms with Crippen LogP contribution in [-0.4, -0.2) is 27.7 Å². The second-order valence-electron chi connectivity index (χ2n) is 4.75. The van der Waals surface area contributed by atoms with Crippen molar-refractivity contribution in [2.24, 2.45) is 5.10 Å². The molecule has 0 saturated carbocycles. The number of nitrogens with zero attached hydrogens (tertiary/aromatic N) is 3. The van der Waals surface area contributed by atoms with Crippen molar-refractivity contribution in [3.63, 3.8) is 0 Å². The van der Waals surface area contributed by atoms with Crippen molar-refractivity contribution in [3.05, 3.63) is 50.6 Å². The van der Waals surface area contributed by atoms with Gasteiger partial charge in [0.25, 0.3) is 5.56 Å². The first-order valence-electron chi connectivity index (χ1n) is 7.07. The average molecular weight is 318 g/mol. The number of aromatic amines is 1. The first-order valence-corrected chi connectivity index (χ1v) is 7.48. The summed E-state index contributed by atoms with van der Waals surface area (Å²) in [5.74, 6) is 0.779. The molecule has 22 heavy (non-hydrogen) atoms.